The molecule has 1 aromatic rings. The quantitative estimate of drug-likeness (QED) is 0.695. The van der Waals surface area contributed by atoms with E-state index in [1.807, 2.05) is 0 Å². The van der Waals surface area contributed by atoms with Crippen LogP contribution in [0.1, 0.15) is 44.4 Å². The topological polar surface area (TPSA) is 55.5 Å². The molecule has 0 unspecified atom stereocenters. The van der Waals surface area contributed by atoms with Crippen molar-refractivity contribution < 1.29 is 4.42 Å². The molecular formula is C14H15Cl3N2O2S. The van der Waals surface area contributed by atoms with Gasteiger partial charge in [-0.25, -0.2) is 4.99 Å². The fourth-order valence-electron chi connectivity index (χ4n) is 4.87. The first-order chi connectivity index (χ1) is 10.3. The summed E-state index contributed by atoms with van der Waals surface area (Å²) >= 11 is 18.2. The van der Waals surface area contributed by atoms with Crippen molar-refractivity contribution in [3.63, 3.8) is 0 Å². The van der Waals surface area contributed by atoms with Gasteiger partial charge in [0.1, 0.15) is 0 Å². The Labute approximate surface area is 146 Å². The predicted octanol–water partition coefficient (Wildman–Crippen LogP) is 3.79. The van der Waals surface area contributed by atoms with Crippen molar-refractivity contribution in [3.05, 3.63) is 20.4 Å². The largest absolute Gasteiger partial charge is 0.411 e. The molecule has 4 bridgehead atoms. The molecule has 0 N–H and O–H groups in total. The van der Waals surface area contributed by atoms with Crippen LogP contribution in [0.25, 0.3) is 0 Å². The SMILES string of the molecule is O=c1nc(C(Cl)(Cl)Cl)oc(=NC23CC4CC(CC(C4)C2)C3)s1. The van der Waals surface area contributed by atoms with Gasteiger partial charge < -0.3 is 4.42 Å². The van der Waals surface area contributed by atoms with Crippen molar-refractivity contribution in [2.45, 2.75) is 47.9 Å². The molecule has 4 fully saturated rings. The van der Waals surface area contributed by atoms with Crippen molar-refractivity contribution >= 4 is 46.1 Å². The molecular weight excluding hydrogens is 367 g/mol. The summed E-state index contributed by atoms with van der Waals surface area (Å²) in [6.07, 6.45) is 7.25. The molecule has 0 saturated heterocycles. The van der Waals surface area contributed by atoms with Crippen LogP contribution < -0.4 is 9.74 Å². The summed E-state index contributed by atoms with van der Waals surface area (Å²) in [5.41, 5.74) is -0.0899. The smallest absolute Gasteiger partial charge is 0.334 e. The minimum atomic E-state index is -1.85. The summed E-state index contributed by atoms with van der Waals surface area (Å²) in [6.45, 7) is 0. The van der Waals surface area contributed by atoms with Gasteiger partial charge in [0, 0.05) is 0 Å². The third-order valence-corrected chi connectivity index (χ3v) is 6.23. The zero-order valence-electron chi connectivity index (χ0n) is 11.7. The zero-order valence-corrected chi connectivity index (χ0v) is 14.8. The van der Waals surface area contributed by atoms with E-state index in [0.29, 0.717) is 0 Å². The van der Waals surface area contributed by atoms with Crippen LogP contribution in [0.2, 0.25) is 0 Å². The van der Waals surface area contributed by atoms with Crippen molar-refractivity contribution in [3.8, 4) is 0 Å². The summed E-state index contributed by atoms with van der Waals surface area (Å²) in [7, 11) is 0. The Morgan fingerprint density at radius 2 is 1.68 bits per heavy atom. The molecule has 8 heteroatoms. The van der Waals surface area contributed by atoms with Crippen LogP contribution >= 0.6 is 46.1 Å². The van der Waals surface area contributed by atoms with E-state index < -0.39 is 8.67 Å². The molecule has 1 heterocycles. The standard InChI is InChI=1S/C14H15Cl3N2O2S/c15-14(16,17)10-18-11(20)22-12(21-10)19-13-4-7-1-8(5-13)3-9(2-7)6-13/h7-9H,1-6H2. The lowest BCUT2D eigenvalue weighted by Crippen LogP contribution is -2.50. The Bertz CT molecular complexity index is 686. The lowest BCUT2D eigenvalue weighted by molar-refractivity contribution is -0.00129. The van der Waals surface area contributed by atoms with Crippen LogP contribution in [-0.2, 0) is 3.79 Å². The number of halogens is 3. The molecule has 5 rings (SSSR count). The molecule has 0 spiro atoms. The summed E-state index contributed by atoms with van der Waals surface area (Å²) in [4.78, 5) is 20.0. The van der Waals surface area contributed by atoms with E-state index in [4.69, 9.17) is 44.2 Å². The number of hydrogen-bond acceptors (Lipinski definition) is 5. The normalized spacial score (nSPS) is 37.8. The molecule has 120 valence electrons. The maximum atomic E-state index is 11.8. The Hall–Kier alpha value is -0.100. The highest BCUT2D eigenvalue weighted by molar-refractivity contribution is 7.06. The second-order valence-electron chi connectivity index (χ2n) is 6.90. The molecule has 4 nitrogen and oxygen atoms in total. The first-order valence-corrected chi connectivity index (χ1v) is 9.42. The van der Waals surface area contributed by atoms with Crippen LogP contribution in [0.5, 0.6) is 0 Å². The average Bonchev–Trinajstić information content (AvgIpc) is 2.34. The van der Waals surface area contributed by atoms with E-state index in [-0.39, 0.29) is 16.3 Å². The molecule has 1 aromatic heterocycles. The van der Waals surface area contributed by atoms with Crippen molar-refractivity contribution in [1.29, 1.82) is 0 Å². The fraction of sp³-hybridized carbons (Fsp3) is 0.786. The van der Waals surface area contributed by atoms with Gasteiger partial charge >= 0.3 is 4.87 Å². The summed E-state index contributed by atoms with van der Waals surface area (Å²) < 4.78 is 3.66. The van der Waals surface area contributed by atoms with E-state index >= 15 is 0 Å². The van der Waals surface area contributed by atoms with Gasteiger partial charge in [0.2, 0.25) is 0 Å². The molecule has 0 aromatic carbocycles. The Balaban J connectivity index is 1.77. The minimum absolute atomic E-state index is 0.0899. The lowest BCUT2D eigenvalue weighted by Gasteiger charge is -2.54. The van der Waals surface area contributed by atoms with Crippen molar-refractivity contribution in [2.75, 3.05) is 0 Å². The molecule has 4 saturated carbocycles. The number of hydrogen-bond donors (Lipinski definition) is 0. The molecule has 0 aliphatic heterocycles. The molecule has 22 heavy (non-hydrogen) atoms. The van der Waals surface area contributed by atoms with E-state index in [1.165, 1.54) is 19.3 Å². The maximum absolute atomic E-state index is 11.8. The zero-order chi connectivity index (χ0) is 15.5. The Morgan fingerprint density at radius 3 is 2.18 bits per heavy atom. The summed E-state index contributed by atoms with van der Waals surface area (Å²) in [5, 5.41) is 0. The van der Waals surface area contributed by atoms with Crippen LogP contribution in [-0.4, -0.2) is 10.5 Å². The van der Waals surface area contributed by atoms with E-state index in [1.54, 1.807) is 0 Å². The molecule has 0 amide bonds. The number of nitrogens with zero attached hydrogens (tertiary/aromatic N) is 2. The number of aromatic nitrogens is 1. The minimum Gasteiger partial charge on any atom is -0.411 e. The first-order valence-electron chi connectivity index (χ1n) is 7.47. The van der Waals surface area contributed by atoms with Crippen LogP contribution in [0.3, 0.4) is 0 Å². The Kier molecular flexibility index (Phi) is 3.65. The van der Waals surface area contributed by atoms with Gasteiger partial charge in [0.05, 0.1) is 5.54 Å². The maximum Gasteiger partial charge on any atom is 0.334 e. The van der Waals surface area contributed by atoms with E-state index in [2.05, 4.69) is 4.98 Å². The van der Waals surface area contributed by atoms with Gasteiger partial charge in [-0.3, -0.25) is 4.79 Å². The third kappa shape index (κ3) is 2.85. The van der Waals surface area contributed by atoms with E-state index in [9.17, 15) is 4.79 Å². The number of alkyl halides is 3. The summed E-state index contributed by atoms with van der Waals surface area (Å²) in [6, 6.07) is 0. The lowest BCUT2D eigenvalue weighted by atomic mass is 9.53. The highest BCUT2D eigenvalue weighted by Gasteiger charge is 2.51. The van der Waals surface area contributed by atoms with E-state index in [0.717, 1.165) is 48.4 Å². The van der Waals surface area contributed by atoms with Gasteiger partial charge in [-0.1, -0.05) is 34.8 Å². The van der Waals surface area contributed by atoms with Crippen LogP contribution in [0, 0.1) is 17.8 Å². The monoisotopic (exact) mass is 380 g/mol. The highest BCUT2D eigenvalue weighted by atomic mass is 35.6. The van der Waals surface area contributed by atoms with Crippen molar-refractivity contribution in [1.82, 2.24) is 4.98 Å². The third-order valence-electron chi connectivity index (χ3n) is 5.13. The molecule has 4 aliphatic rings. The van der Waals surface area contributed by atoms with Gasteiger partial charge in [-0.2, -0.15) is 4.98 Å². The predicted molar refractivity (Wildman–Crippen MR) is 86.4 cm³/mol. The highest BCUT2D eigenvalue weighted by Crippen LogP contribution is 2.57. The van der Waals surface area contributed by atoms with Crippen LogP contribution in [0.15, 0.2) is 14.2 Å². The van der Waals surface area contributed by atoms with Gasteiger partial charge in [-0.05, 0) is 67.6 Å². The second kappa shape index (κ2) is 5.20. The van der Waals surface area contributed by atoms with Crippen LogP contribution in [0.4, 0.5) is 0 Å². The fourth-order valence-corrected chi connectivity index (χ4v) is 5.75. The summed E-state index contributed by atoms with van der Waals surface area (Å²) in [5.74, 6) is 2.09. The molecule has 0 radical (unpaired) electrons. The van der Waals surface area contributed by atoms with Gasteiger partial charge in [0.25, 0.3) is 14.6 Å². The van der Waals surface area contributed by atoms with Gasteiger partial charge in [-0.15, -0.1) is 0 Å². The Morgan fingerprint density at radius 1 is 1.14 bits per heavy atom. The first kappa shape index (κ1) is 15.4. The van der Waals surface area contributed by atoms with Gasteiger partial charge in [0.15, 0.2) is 0 Å². The molecule has 4 aliphatic carbocycles. The second-order valence-corrected chi connectivity index (χ2v) is 10.1. The number of rotatable bonds is 1. The average molecular weight is 382 g/mol. The molecule has 0 atom stereocenters. The van der Waals surface area contributed by atoms with Crippen molar-refractivity contribution in [2.24, 2.45) is 22.7 Å².